The molecule has 9 heterocycles. The number of amides is 2. The summed E-state index contributed by atoms with van der Waals surface area (Å²) in [5.41, 5.74) is 19.4. The summed E-state index contributed by atoms with van der Waals surface area (Å²) in [5, 5.41) is 16.6. The zero-order valence-corrected chi connectivity index (χ0v) is 49.4. The van der Waals surface area contributed by atoms with E-state index < -0.39 is 54.4 Å². The van der Waals surface area contributed by atoms with Crippen molar-refractivity contribution >= 4 is 64.2 Å². The van der Waals surface area contributed by atoms with Crippen LogP contribution in [-0.4, -0.2) is 98.2 Å². The summed E-state index contributed by atoms with van der Waals surface area (Å²) in [6.45, 7) is -0.561. The third kappa shape index (κ3) is 19.5. The van der Waals surface area contributed by atoms with E-state index in [0.29, 0.717) is 29.6 Å². The van der Waals surface area contributed by atoms with Gasteiger partial charge in [-0.25, -0.2) is 8.62 Å². The van der Waals surface area contributed by atoms with Crippen molar-refractivity contribution in [2.24, 2.45) is 0 Å². The number of nitrogens with two attached hydrogens (primary N) is 2. The van der Waals surface area contributed by atoms with E-state index in [1.54, 1.807) is 55.4 Å². The summed E-state index contributed by atoms with van der Waals surface area (Å²) < 4.78 is 52.9. The second-order valence-corrected chi connectivity index (χ2v) is 22.4. The second-order valence-electron chi connectivity index (χ2n) is 18.1. The number of nitrogens with one attached hydrogen (secondary N) is 2. The Labute approximate surface area is 504 Å². The van der Waals surface area contributed by atoms with E-state index in [-0.39, 0.29) is 61.3 Å². The van der Waals surface area contributed by atoms with E-state index in [0.717, 1.165) is 46.1 Å². The number of benzene rings is 1. The minimum absolute atomic E-state index is 0. The molecule has 0 bridgehead atoms. The normalized spacial score (nSPS) is 16.6. The van der Waals surface area contributed by atoms with Crippen molar-refractivity contribution in [1.29, 1.82) is 0 Å². The summed E-state index contributed by atoms with van der Waals surface area (Å²) in [7, 11) is -17.9. The zero-order valence-electron chi connectivity index (χ0n) is 45.0. The van der Waals surface area contributed by atoms with E-state index >= 15 is 0 Å². The largest absolute Gasteiger partial charge is 3.00 e. The van der Waals surface area contributed by atoms with Crippen molar-refractivity contribution in [2.45, 2.75) is 37.7 Å². The van der Waals surface area contributed by atoms with Gasteiger partial charge in [-0.05, 0) is 128 Å². The number of rotatable bonds is 20. The molecule has 6 atom stereocenters. The minimum Gasteiger partial charge on any atom is -0.756 e. The van der Waals surface area contributed by atoms with Crippen molar-refractivity contribution in [3.05, 3.63) is 199 Å². The molecule has 0 aliphatic carbocycles. The number of fused-ring (bicyclic) bond motifs is 1. The molecular formula is C55H53N13O14P3Ru. The molecule has 9 aromatic rings. The Kier molecular flexibility index (Phi) is 23.5. The number of hydrogen-bond acceptors (Lipinski definition) is 23. The van der Waals surface area contributed by atoms with Gasteiger partial charge in [0.15, 0.2) is 0 Å². The van der Waals surface area contributed by atoms with Gasteiger partial charge in [0.1, 0.15) is 23.8 Å². The predicted molar refractivity (Wildman–Crippen MR) is 305 cm³/mol. The predicted octanol–water partition coefficient (Wildman–Crippen LogP) is 5.24. The van der Waals surface area contributed by atoms with Crippen LogP contribution in [0.25, 0.3) is 51.3 Å². The average molecular weight is 1310 g/mol. The Balaban J connectivity index is 0.000000344. The number of nitrogens with zero attached hydrogens (tertiary/aromatic N) is 9. The molecule has 1 aromatic carbocycles. The fourth-order valence-corrected chi connectivity index (χ4v) is 11.1. The fourth-order valence-electron chi connectivity index (χ4n) is 8.20. The van der Waals surface area contributed by atoms with Crippen LogP contribution in [-0.2, 0) is 57.5 Å². The number of ether oxygens (including phenoxy) is 1. The summed E-state index contributed by atoms with van der Waals surface area (Å²) in [6, 6.07) is 40.4. The molecule has 31 heteroatoms. The number of aromatic nitrogens is 9. The van der Waals surface area contributed by atoms with Crippen LogP contribution in [0.5, 0.6) is 0 Å². The third-order valence-electron chi connectivity index (χ3n) is 12.0. The molecule has 2 amide bonds. The van der Waals surface area contributed by atoms with E-state index in [2.05, 4.69) is 63.7 Å². The summed E-state index contributed by atoms with van der Waals surface area (Å²) in [6.07, 6.45) is 11.0. The van der Waals surface area contributed by atoms with Crippen LogP contribution >= 0.6 is 23.5 Å². The van der Waals surface area contributed by atoms with Crippen LogP contribution in [0.4, 0.5) is 11.8 Å². The molecule has 8 N–H and O–H groups in total. The summed E-state index contributed by atoms with van der Waals surface area (Å²) in [5.74, 6) is -0.937. The van der Waals surface area contributed by atoms with E-state index in [1.807, 2.05) is 103 Å². The van der Waals surface area contributed by atoms with Crippen molar-refractivity contribution in [1.82, 2.24) is 55.1 Å². The molecule has 10 rings (SSSR count). The Bertz CT molecular complexity index is 3700. The van der Waals surface area contributed by atoms with Crippen LogP contribution < -0.4 is 36.8 Å². The van der Waals surface area contributed by atoms with Crippen LogP contribution in [0.15, 0.2) is 177 Å². The summed E-state index contributed by atoms with van der Waals surface area (Å²) in [4.78, 5) is 102. The maximum atomic E-state index is 12.9. The van der Waals surface area contributed by atoms with Gasteiger partial charge in [-0.2, -0.15) is 9.97 Å². The molecule has 1 aliphatic rings. The van der Waals surface area contributed by atoms with Crippen molar-refractivity contribution in [2.75, 3.05) is 31.2 Å². The maximum absolute atomic E-state index is 12.9. The smallest absolute Gasteiger partial charge is 0.756 e. The zero-order chi connectivity index (χ0) is 60.4. The van der Waals surface area contributed by atoms with Crippen molar-refractivity contribution in [3.63, 3.8) is 0 Å². The van der Waals surface area contributed by atoms with E-state index in [9.17, 15) is 43.1 Å². The van der Waals surface area contributed by atoms with Gasteiger partial charge in [-0.3, -0.25) is 57.8 Å². The molecule has 86 heavy (non-hydrogen) atoms. The molecule has 1 saturated heterocycles. The van der Waals surface area contributed by atoms with Gasteiger partial charge < -0.3 is 56.0 Å². The van der Waals surface area contributed by atoms with Gasteiger partial charge in [0.25, 0.3) is 35.3 Å². The first kappa shape index (κ1) is 65.5. The Morgan fingerprint density at radius 1 is 0.663 bits per heavy atom. The number of phosphoric ester groups is 1. The fraction of sp³-hybridized carbons (Fsp3) is 0.164. The number of anilines is 2. The maximum Gasteiger partial charge on any atom is 3.00 e. The van der Waals surface area contributed by atoms with Gasteiger partial charge in [0.05, 0.1) is 52.3 Å². The third-order valence-corrected chi connectivity index (χ3v) is 15.7. The monoisotopic (exact) mass is 1310 g/mol. The Hall–Kier alpha value is -8.03. The first-order valence-electron chi connectivity index (χ1n) is 25.6. The van der Waals surface area contributed by atoms with Gasteiger partial charge in [0.2, 0.25) is 5.95 Å². The number of carbonyl (C=O) groups excluding carboxylic acids is 2. The molecular weight excluding hydrogens is 1260 g/mol. The number of nitrogen functional groups attached to an aromatic ring is 2. The Morgan fingerprint density at radius 2 is 1.16 bits per heavy atom. The molecule has 1 aliphatic heterocycles. The number of hydrogen-bond donors (Lipinski definition) is 6. The SMILES string of the molecule is Nc1nc(N)c2cc(/C=C/CNC(=O)c3ccc(C(=O)NCCCc4ccnc(-c5ccccn5)c4)cc3)n([C@H]3C[C@H](O)[C@@H](COP(=O)([O-])OP(=O)([O-])OP(=O)([O-])O)O3)c2n1.[Ru+3].c1ccc(-c2ccccn2)nc1.c1ccc(-c2ccccn2)nc1. The van der Waals surface area contributed by atoms with Gasteiger partial charge in [-0.1, -0.05) is 36.4 Å². The number of phosphoric acid groups is 3. The van der Waals surface area contributed by atoms with Crippen molar-refractivity contribution in [3.8, 4) is 34.2 Å². The molecule has 0 saturated carbocycles. The molecule has 3 unspecified atom stereocenters. The number of pyridine rings is 6. The summed E-state index contributed by atoms with van der Waals surface area (Å²) >= 11 is 0. The van der Waals surface area contributed by atoms with Crippen LogP contribution in [0.2, 0.25) is 0 Å². The molecule has 8 aromatic heterocycles. The average Bonchev–Trinajstić information content (AvgIpc) is 1.88. The Morgan fingerprint density at radius 3 is 1.66 bits per heavy atom. The first-order chi connectivity index (χ1) is 40.8. The van der Waals surface area contributed by atoms with E-state index in [4.69, 9.17) is 21.1 Å². The quantitative estimate of drug-likeness (QED) is 0.0323. The van der Waals surface area contributed by atoms with Crippen LogP contribution in [0, 0.1) is 0 Å². The number of aliphatic hydroxyl groups is 1. The van der Waals surface area contributed by atoms with Gasteiger partial charge in [0, 0.05) is 73.5 Å². The van der Waals surface area contributed by atoms with Gasteiger partial charge in [-0.15, -0.1) is 0 Å². The number of carbonyl (C=O) groups is 2. The number of aryl methyl sites for hydroxylation is 1. The minimum atomic E-state index is -6.14. The molecule has 27 nitrogen and oxygen atoms in total. The molecule has 445 valence electrons. The molecule has 0 spiro atoms. The van der Waals surface area contributed by atoms with Crippen molar-refractivity contribution < 1.29 is 85.3 Å². The molecule has 1 fully saturated rings. The number of aliphatic hydroxyl groups excluding tert-OH is 1. The second kappa shape index (κ2) is 30.9. The first-order valence-corrected chi connectivity index (χ1v) is 30.1. The van der Waals surface area contributed by atoms with Crippen LogP contribution in [0.1, 0.15) is 51.0 Å². The topological polar surface area (TPSA) is 416 Å². The van der Waals surface area contributed by atoms with E-state index in [1.165, 1.54) is 28.8 Å². The van der Waals surface area contributed by atoms with Crippen LogP contribution in [0.3, 0.4) is 0 Å². The standard InChI is InChI=1S/C35H40N9O14P3.2C10H8N2.Ru/c36-31-25-18-24(44(32(25)43-35(37)42-31)30-19-28(45)29(56-30)20-55-60(51,52)58-61(53,54)57-59(48,49)50)6-4-15-41-34(47)23-10-8-22(9-11-23)33(46)40-14-3-5-21-12-16-39-27(17-21)26-7-1-2-13-38-26;2*1-3-7-11-9(5-1)10-6-2-4-8-12-10;/h1-2,4,6-13,16-18,28-30,45H,3,5,14-15,19-20H2,(H,40,46)(H,41,47)(H,51,52)(H,53,54)(H2,48,49,50)(H4,36,37,42,43);2*1-8H;/q;;;+3/p-3/b6-4+;;;/t28-,29+,30+;;;/m0.../s1. The van der Waals surface area contributed by atoms with Gasteiger partial charge >= 0.3 is 19.5 Å². The molecule has 1 radical (unpaired) electrons.